The number of benzene rings is 3. The highest BCUT2D eigenvalue weighted by Crippen LogP contribution is 2.48. The molecule has 2 aliphatic rings. The lowest BCUT2D eigenvalue weighted by Crippen LogP contribution is -2.37. The van der Waals surface area contributed by atoms with Crippen molar-refractivity contribution in [3.8, 4) is 0 Å². The Kier molecular flexibility index (Phi) is 5.44. The number of rotatable bonds is 3. The summed E-state index contributed by atoms with van der Waals surface area (Å²) in [6.45, 7) is 0. The van der Waals surface area contributed by atoms with Crippen molar-refractivity contribution in [2.45, 2.75) is 18.3 Å². The summed E-state index contributed by atoms with van der Waals surface area (Å²) in [5.41, 5.74) is -0.105. The fourth-order valence-electron chi connectivity index (χ4n) is 4.32. The Labute approximate surface area is 199 Å². The van der Waals surface area contributed by atoms with E-state index < -0.39 is 47.4 Å². The van der Waals surface area contributed by atoms with Crippen molar-refractivity contribution < 1.29 is 32.0 Å². The molecule has 2 aliphatic heterocycles. The minimum atomic E-state index is -4.64. The van der Waals surface area contributed by atoms with Crippen molar-refractivity contribution >= 4 is 39.1 Å². The van der Waals surface area contributed by atoms with Crippen LogP contribution in [0.1, 0.15) is 17.2 Å². The van der Waals surface area contributed by atoms with Crippen LogP contribution in [0.2, 0.25) is 0 Å². The normalized spacial score (nSPS) is 22.4. The molecule has 2 fully saturated rings. The molecule has 0 bridgehead atoms. The van der Waals surface area contributed by atoms with E-state index in [9.17, 15) is 27.2 Å². The molecule has 3 aromatic carbocycles. The van der Waals surface area contributed by atoms with Crippen molar-refractivity contribution in [3.63, 3.8) is 0 Å². The van der Waals surface area contributed by atoms with Gasteiger partial charge >= 0.3 is 6.18 Å². The smallest absolute Gasteiger partial charge is 0.273 e. The van der Waals surface area contributed by atoms with Crippen LogP contribution in [0, 0.1) is 11.7 Å². The molecule has 0 radical (unpaired) electrons. The van der Waals surface area contributed by atoms with Crippen LogP contribution in [0.15, 0.2) is 77.3 Å². The Bertz CT molecular complexity index is 1280. The first-order chi connectivity index (χ1) is 16.2. The Hall–Kier alpha value is -3.24. The summed E-state index contributed by atoms with van der Waals surface area (Å²) >= 11 is 3.14. The van der Waals surface area contributed by atoms with Crippen LogP contribution in [0.3, 0.4) is 0 Å². The largest absolute Gasteiger partial charge is 0.416 e. The molecule has 3 atom stereocenters. The van der Waals surface area contributed by atoms with E-state index in [0.29, 0.717) is 11.3 Å². The molecule has 2 amide bonds. The number of hydroxylamine groups is 1. The first-order valence-electron chi connectivity index (χ1n) is 10.2. The van der Waals surface area contributed by atoms with Crippen molar-refractivity contribution in [2.75, 3.05) is 9.96 Å². The second kappa shape index (κ2) is 8.21. The van der Waals surface area contributed by atoms with Gasteiger partial charge in [0.15, 0.2) is 6.10 Å². The molecule has 2 saturated heterocycles. The van der Waals surface area contributed by atoms with Gasteiger partial charge in [-0.1, -0.05) is 30.3 Å². The van der Waals surface area contributed by atoms with Gasteiger partial charge in [-0.15, -0.1) is 0 Å². The van der Waals surface area contributed by atoms with Crippen LogP contribution >= 0.6 is 15.9 Å². The number of halogens is 5. The standard InChI is InChI=1S/C24H15BrF4N2O3/c25-17-11-13(9-10-18(17)26)20-19-21(34-31(20)15-6-2-1-3-7-15)23(33)30(22(19)32)16-8-4-5-14(12-16)24(27,28)29/h1-12,19-21H. The molecule has 5 rings (SSSR count). The minimum absolute atomic E-state index is 0.160. The molecule has 3 unspecified atom stereocenters. The van der Waals surface area contributed by atoms with Gasteiger partial charge in [0.2, 0.25) is 5.91 Å². The number of nitrogens with zero attached hydrogens (tertiary/aromatic N) is 2. The fraction of sp³-hybridized carbons (Fsp3) is 0.167. The third-order valence-corrected chi connectivity index (χ3v) is 6.45. The molecule has 0 spiro atoms. The molecule has 3 aromatic rings. The van der Waals surface area contributed by atoms with E-state index in [1.807, 2.05) is 0 Å². The molecule has 0 aromatic heterocycles. The van der Waals surface area contributed by atoms with Gasteiger partial charge in [-0.25, -0.2) is 14.4 Å². The lowest BCUT2D eigenvalue weighted by atomic mass is 9.90. The predicted octanol–water partition coefficient (Wildman–Crippen LogP) is 5.66. The highest BCUT2D eigenvalue weighted by Gasteiger charge is 2.60. The average molecular weight is 535 g/mol. The number of hydrogen-bond acceptors (Lipinski definition) is 4. The summed E-state index contributed by atoms with van der Waals surface area (Å²) in [6.07, 6.45) is -5.89. The number of carbonyl (C=O) groups excluding carboxylic acids is 2. The van der Waals surface area contributed by atoms with Gasteiger partial charge < -0.3 is 0 Å². The number of amides is 2. The molecular weight excluding hydrogens is 520 g/mol. The van der Waals surface area contributed by atoms with Crippen molar-refractivity contribution in [2.24, 2.45) is 5.92 Å². The van der Waals surface area contributed by atoms with Crippen molar-refractivity contribution in [3.05, 3.63) is 94.2 Å². The first kappa shape index (κ1) is 22.5. The fourth-order valence-corrected chi connectivity index (χ4v) is 4.72. The Balaban J connectivity index is 1.58. The quantitative estimate of drug-likeness (QED) is 0.321. The van der Waals surface area contributed by atoms with Crippen molar-refractivity contribution in [1.29, 1.82) is 0 Å². The molecule has 0 N–H and O–H groups in total. The average Bonchev–Trinajstić information content (AvgIpc) is 3.32. The molecule has 5 nitrogen and oxygen atoms in total. The minimum Gasteiger partial charge on any atom is -0.273 e. The maximum Gasteiger partial charge on any atom is 0.416 e. The van der Waals surface area contributed by atoms with E-state index in [0.717, 1.165) is 23.1 Å². The second-order valence-electron chi connectivity index (χ2n) is 7.89. The van der Waals surface area contributed by atoms with Gasteiger partial charge in [-0.2, -0.15) is 13.2 Å². The summed E-state index contributed by atoms with van der Waals surface area (Å²) < 4.78 is 53.7. The van der Waals surface area contributed by atoms with E-state index in [-0.39, 0.29) is 10.2 Å². The topological polar surface area (TPSA) is 49.9 Å². The van der Waals surface area contributed by atoms with E-state index in [2.05, 4.69) is 15.9 Å². The molecule has 0 saturated carbocycles. The van der Waals surface area contributed by atoms with Crippen LogP contribution in [0.25, 0.3) is 0 Å². The summed E-state index contributed by atoms with van der Waals surface area (Å²) in [5, 5.41) is 1.42. The van der Waals surface area contributed by atoms with E-state index in [4.69, 9.17) is 4.84 Å². The van der Waals surface area contributed by atoms with Crippen LogP contribution in [0.5, 0.6) is 0 Å². The zero-order valence-corrected chi connectivity index (χ0v) is 18.8. The lowest BCUT2D eigenvalue weighted by Gasteiger charge is -2.29. The summed E-state index contributed by atoms with van der Waals surface area (Å²) in [6, 6.07) is 16.2. The zero-order chi connectivity index (χ0) is 24.2. The second-order valence-corrected chi connectivity index (χ2v) is 8.75. The Morgan fingerprint density at radius 3 is 2.24 bits per heavy atom. The monoisotopic (exact) mass is 534 g/mol. The summed E-state index contributed by atoms with van der Waals surface area (Å²) in [4.78, 5) is 33.4. The molecular formula is C24H15BrF4N2O3. The summed E-state index contributed by atoms with van der Waals surface area (Å²) in [5.74, 6) is -3.03. The maximum absolute atomic E-state index is 13.9. The predicted molar refractivity (Wildman–Crippen MR) is 118 cm³/mol. The van der Waals surface area contributed by atoms with E-state index in [1.165, 1.54) is 29.3 Å². The maximum atomic E-state index is 13.9. The number of fused-ring (bicyclic) bond motifs is 1. The first-order valence-corrected chi connectivity index (χ1v) is 11.0. The number of carbonyl (C=O) groups is 2. The molecule has 0 aliphatic carbocycles. The van der Waals surface area contributed by atoms with Crippen LogP contribution in [0.4, 0.5) is 28.9 Å². The zero-order valence-electron chi connectivity index (χ0n) is 17.2. The van der Waals surface area contributed by atoms with Crippen LogP contribution in [-0.2, 0) is 20.6 Å². The highest BCUT2D eigenvalue weighted by molar-refractivity contribution is 9.10. The number of anilines is 2. The number of hydrogen-bond donors (Lipinski definition) is 0. The number of para-hydroxylation sites is 1. The van der Waals surface area contributed by atoms with Gasteiger partial charge in [-0.3, -0.25) is 14.4 Å². The molecule has 2 heterocycles. The van der Waals surface area contributed by atoms with Gasteiger partial charge in [0, 0.05) is 0 Å². The van der Waals surface area contributed by atoms with Gasteiger partial charge in [-0.05, 0) is 64.0 Å². The molecule has 174 valence electrons. The van der Waals surface area contributed by atoms with Crippen molar-refractivity contribution in [1.82, 2.24) is 0 Å². The third kappa shape index (κ3) is 3.67. The van der Waals surface area contributed by atoms with E-state index >= 15 is 0 Å². The Morgan fingerprint density at radius 2 is 1.56 bits per heavy atom. The third-order valence-electron chi connectivity index (χ3n) is 5.84. The van der Waals surface area contributed by atoms with Gasteiger partial charge in [0.25, 0.3) is 5.91 Å². The highest BCUT2D eigenvalue weighted by atomic mass is 79.9. The van der Waals surface area contributed by atoms with Gasteiger partial charge in [0.1, 0.15) is 11.7 Å². The number of imide groups is 1. The van der Waals surface area contributed by atoms with Crippen LogP contribution < -0.4 is 9.96 Å². The lowest BCUT2D eigenvalue weighted by molar-refractivity contribution is -0.137. The number of alkyl halides is 3. The SMILES string of the molecule is O=C1C2ON(c3ccccc3)C(c3ccc(F)c(Br)c3)C2C(=O)N1c1cccc(C(F)(F)F)c1. The molecule has 34 heavy (non-hydrogen) atoms. The van der Waals surface area contributed by atoms with E-state index in [1.54, 1.807) is 30.3 Å². The Morgan fingerprint density at radius 1 is 0.853 bits per heavy atom. The van der Waals surface area contributed by atoms with Crippen LogP contribution in [-0.4, -0.2) is 17.9 Å². The summed E-state index contributed by atoms with van der Waals surface area (Å²) in [7, 11) is 0. The van der Waals surface area contributed by atoms with Gasteiger partial charge in [0.05, 0.1) is 27.5 Å². The molecule has 10 heteroatoms.